The van der Waals surface area contributed by atoms with E-state index in [2.05, 4.69) is 0 Å². The lowest BCUT2D eigenvalue weighted by Gasteiger charge is -2.34. The molecule has 2 aliphatic rings. The monoisotopic (exact) mass is 176 g/mol. The van der Waals surface area contributed by atoms with Crippen LogP contribution in [0.15, 0.2) is 35.6 Å². The molecule has 2 rings (SSSR count). The van der Waals surface area contributed by atoms with Gasteiger partial charge < -0.3 is 5.11 Å². The van der Waals surface area contributed by atoms with Gasteiger partial charge in [0.1, 0.15) is 5.76 Å². The van der Waals surface area contributed by atoms with Gasteiger partial charge in [0.05, 0.1) is 5.41 Å². The highest BCUT2D eigenvalue weighted by atomic mass is 16.3. The summed E-state index contributed by atoms with van der Waals surface area (Å²) in [6.07, 6.45) is 8.27. The number of fused-ring (bicyclic) bond motifs is 1. The summed E-state index contributed by atoms with van der Waals surface area (Å²) in [5, 5.41) is 9.71. The minimum Gasteiger partial charge on any atom is -0.511 e. The Kier molecular flexibility index (Phi) is 1.65. The van der Waals surface area contributed by atoms with Crippen LogP contribution in [-0.2, 0) is 4.79 Å². The van der Waals surface area contributed by atoms with Crippen LogP contribution in [0.25, 0.3) is 0 Å². The summed E-state index contributed by atoms with van der Waals surface area (Å²) in [4.78, 5) is 11.2. The van der Waals surface area contributed by atoms with Crippen molar-refractivity contribution < 1.29 is 9.90 Å². The van der Waals surface area contributed by atoms with E-state index in [4.69, 9.17) is 0 Å². The Hall–Kier alpha value is -1.31. The Morgan fingerprint density at radius 3 is 3.08 bits per heavy atom. The molecule has 0 radical (unpaired) electrons. The van der Waals surface area contributed by atoms with E-state index in [1.54, 1.807) is 18.2 Å². The summed E-state index contributed by atoms with van der Waals surface area (Å²) >= 11 is 0. The molecule has 2 aliphatic carbocycles. The molecular formula is C11H12O2. The second kappa shape index (κ2) is 2.59. The number of allylic oxidation sites excluding steroid dienone is 5. The first-order valence-electron chi connectivity index (χ1n) is 4.46. The summed E-state index contributed by atoms with van der Waals surface area (Å²) in [5.74, 6) is 0.528. The zero-order chi connectivity index (χ0) is 9.47. The summed E-state index contributed by atoms with van der Waals surface area (Å²) in [7, 11) is 0. The first kappa shape index (κ1) is 8.30. The molecule has 0 aromatic carbocycles. The summed E-state index contributed by atoms with van der Waals surface area (Å²) < 4.78 is 0. The van der Waals surface area contributed by atoms with E-state index in [1.807, 2.05) is 13.0 Å². The Morgan fingerprint density at radius 1 is 1.54 bits per heavy atom. The van der Waals surface area contributed by atoms with E-state index in [0.29, 0.717) is 18.6 Å². The summed E-state index contributed by atoms with van der Waals surface area (Å²) in [5.41, 5.74) is 0.617. The van der Waals surface area contributed by atoms with Gasteiger partial charge in [0.15, 0.2) is 5.78 Å². The largest absolute Gasteiger partial charge is 0.511 e. The highest BCUT2D eigenvalue weighted by molar-refractivity contribution is 5.92. The van der Waals surface area contributed by atoms with Crippen molar-refractivity contribution >= 4 is 5.78 Å². The quantitative estimate of drug-likeness (QED) is 0.614. The maximum atomic E-state index is 11.2. The van der Waals surface area contributed by atoms with E-state index < -0.39 is 0 Å². The van der Waals surface area contributed by atoms with Gasteiger partial charge in [0.25, 0.3) is 0 Å². The molecule has 0 aromatic heterocycles. The predicted molar refractivity (Wildman–Crippen MR) is 50.3 cm³/mol. The van der Waals surface area contributed by atoms with E-state index in [9.17, 15) is 9.90 Å². The van der Waals surface area contributed by atoms with Crippen LogP contribution < -0.4 is 0 Å². The predicted octanol–water partition coefficient (Wildman–Crippen LogP) is 2.29. The Labute approximate surface area is 77.3 Å². The zero-order valence-corrected chi connectivity index (χ0v) is 7.58. The lowest BCUT2D eigenvalue weighted by molar-refractivity contribution is -0.115. The molecule has 2 heteroatoms. The third-order valence-corrected chi connectivity index (χ3v) is 2.92. The average molecular weight is 176 g/mol. The highest BCUT2D eigenvalue weighted by Gasteiger charge is 2.36. The number of rotatable bonds is 0. The second-order valence-corrected chi connectivity index (χ2v) is 3.81. The number of ketones is 1. The third-order valence-electron chi connectivity index (χ3n) is 2.92. The summed E-state index contributed by atoms with van der Waals surface area (Å²) in [6, 6.07) is 0. The fourth-order valence-corrected chi connectivity index (χ4v) is 1.86. The SMILES string of the molecule is CC12CCC(=O)C=C1C=CC=C2O. The molecule has 0 fully saturated rings. The van der Waals surface area contributed by atoms with Crippen LogP contribution in [0.3, 0.4) is 0 Å². The smallest absolute Gasteiger partial charge is 0.156 e. The maximum Gasteiger partial charge on any atom is 0.156 e. The van der Waals surface area contributed by atoms with Gasteiger partial charge in [0.2, 0.25) is 0 Å². The second-order valence-electron chi connectivity index (χ2n) is 3.81. The van der Waals surface area contributed by atoms with Crippen LogP contribution in [0, 0.1) is 5.41 Å². The fourth-order valence-electron chi connectivity index (χ4n) is 1.86. The number of aliphatic hydroxyl groups is 1. The van der Waals surface area contributed by atoms with E-state index in [0.717, 1.165) is 5.57 Å². The molecule has 0 saturated heterocycles. The topological polar surface area (TPSA) is 37.3 Å². The van der Waals surface area contributed by atoms with E-state index >= 15 is 0 Å². The minimum atomic E-state index is -0.317. The molecule has 0 bridgehead atoms. The fraction of sp³-hybridized carbons (Fsp3) is 0.364. The molecule has 1 unspecified atom stereocenters. The molecule has 0 aliphatic heterocycles. The van der Waals surface area contributed by atoms with Crippen LogP contribution in [-0.4, -0.2) is 10.9 Å². The van der Waals surface area contributed by atoms with Crippen LogP contribution in [0.1, 0.15) is 19.8 Å². The van der Waals surface area contributed by atoms with Gasteiger partial charge in [-0.15, -0.1) is 0 Å². The van der Waals surface area contributed by atoms with Gasteiger partial charge >= 0.3 is 0 Å². The zero-order valence-electron chi connectivity index (χ0n) is 7.58. The van der Waals surface area contributed by atoms with Crippen molar-refractivity contribution in [2.75, 3.05) is 0 Å². The average Bonchev–Trinajstić information content (AvgIpc) is 2.09. The molecule has 0 saturated carbocycles. The van der Waals surface area contributed by atoms with Gasteiger partial charge in [-0.05, 0) is 31.1 Å². The van der Waals surface area contributed by atoms with Crippen LogP contribution >= 0.6 is 0 Å². The van der Waals surface area contributed by atoms with Crippen LogP contribution in [0.4, 0.5) is 0 Å². The first-order chi connectivity index (χ1) is 6.13. The molecule has 13 heavy (non-hydrogen) atoms. The van der Waals surface area contributed by atoms with Crippen molar-refractivity contribution in [1.82, 2.24) is 0 Å². The molecular weight excluding hydrogens is 164 g/mol. The van der Waals surface area contributed by atoms with E-state index in [-0.39, 0.29) is 11.2 Å². The molecule has 2 nitrogen and oxygen atoms in total. The minimum absolute atomic E-state index is 0.159. The Morgan fingerprint density at radius 2 is 2.31 bits per heavy atom. The van der Waals surface area contributed by atoms with Crippen LogP contribution in [0.5, 0.6) is 0 Å². The van der Waals surface area contributed by atoms with Gasteiger partial charge in [-0.3, -0.25) is 4.79 Å². The van der Waals surface area contributed by atoms with Gasteiger partial charge in [-0.25, -0.2) is 0 Å². The van der Waals surface area contributed by atoms with Gasteiger partial charge in [-0.2, -0.15) is 0 Å². The molecule has 0 amide bonds. The molecule has 68 valence electrons. The molecule has 0 aromatic rings. The lowest BCUT2D eigenvalue weighted by atomic mass is 9.70. The van der Waals surface area contributed by atoms with Crippen molar-refractivity contribution in [2.45, 2.75) is 19.8 Å². The van der Waals surface area contributed by atoms with Gasteiger partial charge in [0, 0.05) is 6.42 Å². The summed E-state index contributed by atoms with van der Waals surface area (Å²) in [6.45, 7) is 1.97. The third kappa shape index (κ3) is 1.13. The van der Waals surface area contributed by atoms with E-state index in [1.165, 1.54) is 0 Å². The van der Waals surface area contributed by atoms with Crippen molar-refractivity contribution in [3.8, 4) is 0 Å². The maximum absolute atomic E-state index is 11.2. The Balaban J connectivity index is 2.50. The van der Waals surface area contributed by atoms with Crippen molar-refractivity contribution in [3.05, 3.63) is 35.6 Å². The van der Waals surface area contributed by atoms with Crippen molar-refractivity contribution in [1.29, 1.82) is 0 Å². The molecule has 1 atom stereocenters. The molecule has 0 spiro atoms. The first-order valence-corrected chi connectivity index (χ1v) is 4.46. The van der Waals surface area contributed by atoms with Gasteiger partial charge in [-0.1, -0.05) is 12.2 Å². The standard InChI is InChI=1S/C11H12O2/c1-11-6-5-9(12)7-8(11)3-2-4-10(11)13/h2-4,7,13H,5-6H2,1H3. The number of hydrogen-bond acceptors (Lipinski definition) is 2. The number of aliphatic hydroxyl groups excluding tert-OH is 1. The highest BCUT2D eigenvalue weighted by Crippen LogP contribution is 2.43. The number of hydrogen-bond donors (Lipinski definition) is 1. The number of carbonyl (C=O) groups is 1. The van der Waals surface area contributed by atoms with Crippen LogP contribution in [0.2, 0.25) is 0 Å². The van der Waals surface area contributed by atoms with Crippen molar-refractivity contribution in [3.63, 3.8) is 0 Å². The Bertz CT molecular complexity index is 347. The molecule has 1 N–H and O–H groups in total. The molecule has 0 heterocycles. The number of carbonyl (C=O) groups excluding carboxylic acids is 1. The lowest BCUT2D eigenvalue weighted by Crippen LogP contribution is -2.28. The van der Waals surface area contributed by atoms with Crippen molar-refractivity contribution in [2.24, 2.45) is 5.41 Å². The normalized spacial score (nSPS) is 32.2.